The van der Waals surface area contributed by atoms with Crippen molar-refractivity contribution >= 4 is 27.4 Å². The van der Waals surface area contributed by atoms with Gasteiger partial charge in [-0.05, 0) is 37.8 Å². The van der Waals surface area contributed by atoms with Gasteiger partial charge >= 0.3 is 0 Å². The van der Waals surface area contributed by atoms with Crippen molar-refractivity contribution in [2.45, 2.75) is 52.0 Å². The highest BCUT2D eigenvalue weighted by atomic mass is 32.1. The molecule has 0 amide bonds. The summed E-state index contributed by atoms with van der Waals surface area (Å²) in [6.07, 6.45) is 8.29. The van der Waals surface area contributed by atoms with Gasteiger partial charge in [0, 0.05) is 24.0 Å². The maximum absolute atomic E-state index is 4.71. The van der Waals surface area contributed by atoms with E-state index in [0.717, 1.165) is 10.6 Å². The fourth-order valence-corrected chi connectivity index (χ4v) is 4.98. The van der Waals surface area contributed by atoms with Crippen LogP contribution in [-0.4, -0.2) is 23.1 Å². The average molecular weight is 352 g/mol. The molecular formula is C21H25N3S. The second-order valence-corrected chi connectivity index (χ2v) is 8.11. The molecule has 130 valence electrons. The Balaban J connectivity index is 1.84. The van der Waals surface area contributed by atoms with E-state index in [0.29, 0.717) is 6.04 Å². The summed E-state index contributed by atoms with van der Waals surface area (Å²) in [6, 6.07) is 7.29. The highest BCUT2D eigenvalue weighted by Crippen LogP contribution is 2.40. The molecular weight excluding hydrogens is 326 g/mol. The number of aryl methyl sites for hydroxylation is 2. The van der Waals surface area contributed by atoms with E-state index in [4.69, 9.17) is 4.98 Å². The first-order valence-corrected chi connectivity index (χ1v) is 10.1. The van der Waals surface area contributed by atoms with Gasteiger partial charge in [-0.25, -0.2) is 9.97 Å². The molecule has 0 saturated heterocycles. The second kappa shape index (κ2) is 6.75. The van der Waals surface area contributed by atoms with E-state index in [-0.39, 0.29) is 0 Å². The van der Waals surface area contributed by atoms with Crippen molar-refractivity contribution in [1.82, 2.24) is 9.97 Å². The number of rotatable bonds is 3. The van der Waals surface area contributed by atoms with Crippen molar-refractivity contribution < 1.29 is 0 Å². The molecule has 1 aliphatic rings. The van der Waals surface area contributed by atoms with Crippen molar-refractivity contribution in [3.05, 3.63) is 41.0 Å². The summed E-state index contributed by atoms with van der Waals surface area (Å²) < 4.78 is 0. The van der Waals surface area contributed by atoms with E-state index in [1.807, 2.05) is 0 Å². The van der Waals surface area contributed by atoms with E-state index in [1.54, 1.807) is 17.7 Å². The molecule has 2 heterocycles. The number of nitrogens with zero attached hydrogens (tertiary/aromatic N) is 3. The van der Waals surface area contributed by atoms with Gasteiger partial charge in [0.25, 0.3) is 0 Å². The van der Waals surface area contributed by atoms with Crippen LogP contribution in [0.4, 0.5) is 5.82 Å². The van der Waals surface area contributed by atoms with Crippen molar-refractivity contribution in [3.8, 4) is 11.1 Å². The summed E-state index contributed by atoms with van der Waals surface area (Å²) in [7, 11) is 2.21. The SMILES string of the molecule is Cc1ccc(-c2csc3ncnc(N(C)C4CCCCC4)c23)c(C)c1. The standard InChI is InChI=1S/C21H25N3S/c1-14-9-10-17(15(2)11-14)18-12-25-21-19(18)20(22-13-23-21)24(3)16-7-5-4-6-8-16/h9-13,16H,4-8H2,1-3H3. The Bertz CT molecular complexity index is 893. The predicted molar refractivity (Wildman–Crippen MR) is 108 cm³/mol. The minimum Gasteiger partial charge on any atom is -0.356 e. The first-order chi connectivity index (χ1) is 12.1. The van der Waals surface area contributed by atoms with Crippen LogP contribution < -0.4 is 4.90 Å². The maximum Gasteiger partial charge on any atom is 0.141 e. The Kier molecular flexibility index (Phi) is 4.46. The number of thiophene rings is 1. The molecule has 0 atom stereocenters. The number of hydrogen-bond acceptors (Lipinski definition) is 4. The fraction of sp³-hybridized carbons (Fsp3) is 0.429. The third kappa shape index (κ3) is 3.04. The van der Waals surface area contributed by atoms with Gasteiger partial charge in [-0.15, -0.1) is 11.3 Å². The molecule has 0 unspecified atom stereocenters. The normalized spacial score (nSPS) is 15.6. The Morgan fingerprint density at radius 1 is 1.04 bits per heavy atom. The van der Waals surface area contributed by atoms with E-state index >= 15 is 0 Å². The zero-order valence-electron chi connectivity index (χ0n) is 15.2. The van der Waals surface area contributed by atoms with E-state index < -0.39 is 0 Å². The quantitative estimate of drug-likeness (QED) is 0.602. The number of fused-ring (bicyclic) bond motifs is 1. The van der Waals surface area contributed by atoms with Crippen molar-refractivity contribution in [3.63, 3.8) is 0 Å². The van der Waals surface area contributed by atoms with Gasteiger partial charge in [0.05, 0.1) is 5.39 Å². The molecule has 2 aromatic heterocycles. The molecule has 0 radical (unpaired) electrons. The van der Waals surface area contributed by atoms with Crippen LogP contribution in [0.25, 0.3) is 21.3 Å². The summed E-state index contributed by atoms with van der Waals surface area (Å²) in [4.78, 5) is 12.7. The minimum absolute atomic E-state index is 0.596. The Morgan fingerprint density at radius 2 is 1.84 bits per heavy atom. The van der Waals surface area contributed by atoms with E-state index in [2.05, 4.69) is 54.4 Å². The van der Waals surface area contributed by atoms with Crippen molar-refractivity contribution in [2.75, 3.05) is 11.9 Å². The van der Waals surface area contributed by atoms with Crippen molar-refractivity contribution in [2.24, 2.45) is 0 Å². The van der Waals surface area contributed by atoms with Gasteiger partial charge in [-0.1, -0.05) is 43.0 Å². The van der Waals surface area contributed by atoms with Gasteiger partial charge in [0.2, 0.25) is 0 Å². The molecule has 0 N–H and O–H groups in total. The first kappa shape index (κ1) is 16.5. The van der Waals surface area contributed by atoms with Crippen molar-refractivity contribution in [1.29, 1.82) is 0 Å². The average Bonchev–Trinajstić information content (AvgIpc) is 3.06. The number of anilines is 1. The monoisotopic (exact) mass is 351 g/mol. The van der Waals surface area contributed by atoms with Crippen LogP contribution in [0.5, 0.6) is 0 Å². The Labute approximate surface area is 153 Å². The number of benzene rings is 1. The second-order valence-electron chi connectivity index (χ2n) is 7.25. The predicted octanol–water partition coefficient (Wildman–Crippen LogP) is 5.74. The third-order valence-corrected chi connectivity index (χ3v) is 6.37. The van der Waals surface area contributed by atoms with Crippen LogP contribution in [0.15, 0.2) is 29.9 Å². The van der Waals surface area contributed by atoms with Crippen LogP contribution in [0.3, 0.4) is 0 Å². The zero-order chi connectivity index (χ0) is 17.4. The summed E-state index contributed by atoms with van der Waals surface area (Å²) in [5.74, 6) is 1.09. The van der Waals surface area contributed by atoms with Gasteiger partial charge in [-0.2, -0.15) is 0 Å². The lowest BCUT2D eigenvalue weighted by Crippen LogP contribution is -2.34. The molecule has 1 fully saturated rings. The summed E-state index contributed by atoms with van der Waals surface area (Å²) in [5, 5.41) is 3.46. The fourth-order valence-electron chi connectivity index (χ4n) is 4.08. The van der Waals surface area contributed by atoms with Crippen LogP contribution in [0.1, 0.15) is 43.2 Å². The van der Waals surface area contributed by atoms with Crippen LogP contribution in [-0.2, 0) is 0 Å². The number of aromatic nitrogens is 2. The molecule has 0 aliphatic heterocycles. The number of hydrogen-bond donors (Lipinski definition) is 0. The smallest absolute Gasteiger partial charge is 0.141 e. The summed E-state index contributed by atoms with van der Waals surface area (Å²) >= 11 is 1.72. The Hall–Kier alpha value is -1.94. The lowest BCUT2D eigenvalue weighted by Gasteiger charge is -2.32. The van der Waals surface area contributed by atoms with E-state index in [1.165, 1.54) is 59.7 Å². The first-order valence-electron chi connectivity index (χ1n) is 9.18. The molecule has 4 heteroatoms. The molecule has 0 spiro atoms. The van der Waals surface area contributed by atoms with Gasteiger partial charge < -0.3 is 4.90 Å². The molecule has 1 aliphatic carbocycles. The molecule has 4 rings (SSSR count). The van der Waals surface area contributed by atoms with Crippen LogP contribution in [0, 0.1) is 13.8 Å². The van der Waals surface area contributed by atoms with Crippen LogP contribution >= 0.6 is 11.3 Å². The lowest BCUT2D eigenvalue weighted by molar-refractivity contribution is 0.426. The topological polar surface area (TPSA) is 29.0 Å². The van der Waals surface area contributed by atoms with E-state index in [9.17, 15) is 0 Å². The largest absolute Gasteiger partial charge is 0.356 e. The maximum atomic E-state index is 4.71. The summed E-state index contributed by atoms with van der Waals surface area (Å²) in [6.45, 7) is 4.34. The van der Waals surface area contributed by atoms with Gasteiger partial charge in [0.15, 0.2) is 0 Å². The Morgan fingerprint density at radius 3 is 2.60 bits per heavy atom. The molecule has 0 bridgehead atoms. The zero-order valence-corrected chi connectivity index (χ0v) is 16.1. The highest BCUT2D eigenvalue weighted by Gasteiger charge is 2.23. The molecule has 1 saturated carbocycles. The van der Waals surface area contributed by atoms with Gasteiger partial charge in [0.1, 0.15) is 17.0 Å². The molecule has 25 heavy (non-hydrogen) atoms. The molecule has 1 aromatic carbocycles. The minimum atomic E-state index is 0.596. The lowest BCUT2D eigenvalue weighted by atomic mass is 9.94. The molecule has 3 nitrogen and oxygen atoms in total. The summed E-state index contributed by atoms with van der Waals surface area (Å²) in [5.41, 5.74) is 5.19. The van der Waals surface area contributed by atoms with Gasteiger partial charge in [-0.3, -0.25) is 0 Å². The third-order valence-electron chi connectivity index (χ3n) is 5.48. The van der Waals surface area contributed by atoms with Crippen LogP contribution in [0.2, 0.25) is 0 Å². The highest BCUT2D eigenvalue weighted by molar-refractivity contribution is 7.17. The molecule has 3 aromatic rings.